The van der Waals surface area contributed by atoms with E-state index in [9.17, 15) is 0 Å². The van der Waals surface area contributed by atoms with Crippen LogP contribution in [0, 0.1) is 0 Å². The minimum atomic E-state index is 0.439. The van der Waals surface area contributed by atoms with Gasteiger partial charge in [0.05, 0.1) is 6.10 Å². The van der Waals surface area contributed by atoms with Gasteiger partial charge in [0.15, 0.2) is 0 Å². The Kier molecular flexibility index (Phi) is 4.42. The fourth-order valence-electron chi connectivity index (χ4n) is 1.78. The zero-order valence-electron chi connectivity index (χ0n) is 9.48. The molecule has 1 atom stereocenters. The normalized spacial score (nSPS) is 19.9. The highest BCUT2D eigenvalue weighted by atomic mass is 32.2. The standard InChI is InChI=1S/C11H17N3OS/c1-16-11-7-10(13-8-14-11)12-5-4-9-3-2-6-15-9/h7-9H,2-6H2,1H3,(H,12,13,14). The van der Waals surface area contributed by atoms with Crippen molar-refractivity contribution in [1.29, 1.82) is 0 Å². The predicted molar refractivity (Wildman–Crippen MR) is 65.9 cm³/mol. The Morgan fingerprint density at radius 2 is 2.50 bits per heavy atom. The number of hydrogen-bond acceptors (Lipinski definition) is 5. The largest absolute Gasteiger partial charge is 0.378 e. The van der Waals surface area contributed by atoms with Crippen LogP contribution in [0.4, 0.5) is 5.82 Å². The lowest BCUT2D eigenvalue weighted by molar-refractivity contribution is 0.107. The summed E-state index contributed by atoms with van der Waals surface area (Å²) in [6.07, 6.45) is 7.50. The van der Waals surface area contributed by atoms with Gasteiger partial charge >= 0.3 is 0 Å². The Bertz CT molecular complexity index is 329. The van der Waals surface area contributed by atoms with E-state index in [1.54, 1.807) is 18.1 Å². The smallest absolute Gasteiger partial charge is 0.130 e. The maximum atomic E-state index is 5.56. The van der Waals surface area contributed by atoms with Gasteiger partial charge in [-0.15, -0.1) is 11.8 Å². The van der Waals surface area contributed by atoms with Gasteiger partial charge in [-0.3, -0.25) is 0 Å². The van der Waals surface area contributed by atoms with Crippen LogP contribution in [0.3, 0.4) is 0 Å². The van der Waals surface area contributed by atoms with Crippen molar-refractivity contribution >= 4 is 17.6 Å². The van der Waals surface area contributed by atoms with E-state index in [4.69, 9.17) is 4.74 Å². The minimum Gasteiger partial charge on any atom is -0.378 e. The molecule has 1 unspecified atom stereocenters. The van der Waals surface area contributed by atoms with Gasteiger partial charge in [0.2, 0.25) is 0 Å². The van der Waals surface area contributed by atoms with Crippen LogP contribution < -0.4 is 5.32 Å². The fraction of sp³-hybridized carbons (Fsp3) is 0.636. The molecule has 16 heavy (non-hydrogen) atoms. The molecule has 5 heteroatoms. The van der Waals surface area contributed by atoms with Crippen molar-refractivity contribution in [1.82, 2.24) is 9.97 Å². The first-order valence-electron chi connectivity index (χ1n) is 5.60. The summed E-state index contributed by atoms with van der Waals surface area (Å²) >= 11 is 1.63. The second-order valence-electron chi connectivity index (χ2n) is 3.80. The summed E-state index contributed by atoms with van der Waals surface area (Å²) in [7, 11) is 0. The summed E-state index contributed by atoms with van der Waals surface area (Å²) in [5.74, 6) is 0.900. The highest BCUT2D eigenvalue weighted by molar-refractivity contribution is 7.98. The Morgan fingerprint density at radius 3 is 3.25 bits per heavy atom. The zero-order chi connectivity index (χ0) is 11.2. The molecule has 2 heterocycles. The second-order valence-corrected chi connectivity index (χ2v) is 4.62. The van der Waals surface area contributed by atoms with E-state index >= 15 is 0 Å². The molecule has 0 bridgehead atoms. The molecular formula is C11H17N3OS. The van der Waals surface area contributed by atoms with Crippen LogP contribution in [0.1, 0.15) is 19.3 Å². The average Bonchev–Trinajstić information content (AvgIpc) is 2.82. The molecule has 2 rings (SSSR count). The van der Waals surface area contributed by atoms with Gasteiger partial charge < -0.3 is 10.1 Å². The highest BCUT2D eigenvalue weighted by Gasteiger charge is 2.14. The number of thioether (sulfide) groups is 1. The monoisotopic (exact) mass is 239 g/mol. The van der Waals surface area contributed by atoms with Crippen LogP contribution in [0.5, 0.6) is 0 Å². The van der Waals surface area contributed by atoms with E-state index in [1.165, 1.54) is 12.8 Å². The first-order valence-corrected chi connectivity index (χ1v) is 6.82. The molecule has 1 aliphatic heterocycles. The van der Waals surface area contributed by atoms with E-state index in [0.717, 1.165) is 30.4 Å². The third-order valence-corrected chi connectivity index (χ3v) is 3.29. The molecule has 1 N–H and O–H groups in total. The van der Waals surface area contributed by atoms with E-state index in [1.807, 2.05) is 12.3 Å². The van der Waals surface area contributed by atoms with Gasteiger partial charge in [0.25, 0.3) is 0 Å². The molecular weight excluding hydrogens is 222 g/mol. The van der Waals surface area contributed by atoms with Crippen LogP contribution in [0.15, 0.2) is 17.4 Å². The molecule has 4 nitrogen and oxygen atoms in total. The number of anilines is 1. The lowest BCUT2D eigenvalue weighted by Gasteiger charge is -2.10. The summed E-state index contributed by atoms with van der Waals surface area (Å²) in [5, 5.41) is 4.30. The summed E-state index contributed by atoms with van der Waals surface area (Å²) < 4.78 is 5.56. The van der Waals surface area contributed by atoms with Gasteiger partial charge in [-0.05, 0) is 25.5 Å². The average molecular weight is 239 g/mol. The molecule has 0 radical (unpaired) electrons. The first kappa shape index (κ1) is 11.7. The molecule has 1 aromatic rings. The van der Waals surface area contributed by atoms with Crippen LogP contribution in [-0.2, 0) is 4.74 Å². The van der Waals surface area contributed by atoms with Gasteiger partial charge in [-0.1, -0.05) is 0 Å². The molecule has 1 aliphatic rings. The van der Waals surface area contributed by atoms with E-state index in [2.05, 4.69) is 15.3 Å². The van der Waals surface area contributed by atoms with Crippen molar-refractivity contribution in [3.63, 3.8) is 0 Å². The third-order valence-electron chi connectivity index (χ3n) is 2.65. The lowest BCUT2D eigenvalue weighted by Crippen LogP contribution is -2.13. The summed E-state index contributed by atoms with van der Waals surface area (Å²) in [6, 6.07) is 1.97. The van der Waals surface area contributed by atoms with Crippen molar-refractivity contribution in [2.24, 2.45) is 0 Å². The van der Waals surface area contributed by atoms with Crippen LogP contribution >= 0.6 is 11.8 Å². The van der Waals surface area contributed by atoms with Crippen molar-refractivity contribution in [3.05, 3.63) is 12.4 Å². The van der Waals surface area contributed by atoms with Gasteiger partial charge in [-0.25, -0.2) is 9.97 Å². The van der Waals surface area contributed by atoms with Crippen LogP contribution in [0.2, 0.25) is 0 Å². The number of aromatic nitrogens is 2. The zero-order valence-corrected chi connectivity index (χ0v) is 10.3. The Balaban J connectivity index is 1.75. The van der Waals surface area contributed by atoms with E-state index < -0.39 is 0 Å². The molecule has 0 aromatic carbocycles. The number of ether oxygens (including phenoxy) is 1. The molecule has 0 aliphatic carbocycles. The van der Waals surface area contributed by atoms with E-state index in [0.29, 0.717) is 6.10 Å². The van der Waals surface area contributed by atoms with E-state index in [-0.39, 0.29) is 0 Å². The Hall–Kier alpha value is -0.810. The molecule has 1 aromatic heterocycles. The number of nitrogens with zero attached hydrogens (tertiary/aromatic N) is 2. The van der Waals surface area contributed by atoms with Crippen LogP contribution in [0.25, 0.3) is 0 Å². The third kappa shape index (κ3) is 3.35. The lowest BCUT2D eigenvalue weighted by atomic mass is 10.2. The van der Waals surface area contributed by atoms with Gasteiger partial charge in [0.1, 0.15) is 17.2 Å². The summed E-state index contributed by atoms with van der Waals surface area (Å²) in [6.45, 7) is 1.84. The number of nitrogens with one attached hydrogen (secondary N) is 1. The first-order chi connectivity index (χ1) is 7.88. The number of rotatable bonds is 5. The Morgan fingerprint density at radius 1 is 1.56 bits per heavy atom. The minimum absolute atomic E-state index is 0.439. The molecule has 0 spiro atoms. The van der Waals surface area contributed by atoms with Crippen LogP contribution in [-0.4, -0.2) is 35.5 Å². The fourth-order valence-corrected chi connectivity index (χ4v) is 2.16. The van der Waals surface area contributed by atoms with Crippen molar-refractivity contribution in [3.8, 4) is 0 Å². The number of hydrogen-bond donors (Lipinski definition) is 1. The molecule has 0 amide bonds. The second kappa shape index (κ2) is 6.06. The summed E-state index contributed by atoms with van der Waals surface area (Å²) in [4.78, 5) is 8.31. The Labute approximate surface area is 100 Å². The predicted octanol–water partition coefficient (Wildman–Crippen LogP) is 2.18. The van der Waals surface area contributed by atoms with Crippen molar-refractivity contribution in [2.45, 2.75) is 30.4 Å². The molecule has 88 valence electrons. The van der Waals surface area contributed by atoms with Gasteiger partial charge in [0, 0.05) is 19.2 Å². The summed E-state index contributed by atoms with van der Waals surface area (Å²) in [5.41, 5.74) is 0. The maximum Gasteiger partial charge on any atom is 0.130 e. The van der Waals surface area contributed by atoms with Crippen molar-refractivity contribution < 1.29 is 4.74 Å². The highest BCUT2D eigenvalue weighted by Crippen LogP contribution is 2.16. The molecule has 1 saturated heterocycles. The molecule has 1 fully saturated rings. The molecule has 0 saturated carbocycles. The quantitative estimate of drug-likeness (QED) is 0.630. The SMILES string of the molecule is CSc1cc(NCCC2CCCO2)ncn1. The maximum absolute atomic E-state index is 5.56. The van der Waals surface area contributed by atoms with Crippen molar-refractivity contribution in [2.75, 3.05) is 24.7 Å². The topological polar surface area (TPSA) is 47.0 Å². The van der Waals surface area contributed by atoms with Gasteiger partial charge in [-0.2, -0.15) is 0 Å².